The Labute approximate surface area is 154 Å². The Morgan fingerprint density at radius 2 is 1.88 bits per heavy atom. The fraction of sp³-hybridized carbons (Fsp3) is 0.167. The first-order chi connectivity index (χ1) is 12.2. The number of hydrogen-bond acceptors (Lipinski definition) is 6. The van der Waals surface area contributed by atoms with Crippen LogP contribution in [0.25, 0.3) is 11.5 Å². The van der Waals surface area contributed by atoms with E-state index in [1.807, 2.05) is 30.3 Å². The maximum absolute atomic E-state index is 11.4. The molecule has 0 atom stereocenters. The number of halogens is 1. The number of ether oxygens (including phenoxy) is 1. The van der Waals surface area contributed by atoms with Crippen molar-refractivity contribution in [3.05, 3.63) is 70.6 Å². The second-order valence-electron chi connectivity index (χ2n) is 5.16. The molecule has 0 spiro atoms. The lowest BCUT2D eigenvalue weighted by Crippen LogP contribution is -2.00. The molecule has 5 nitrogen and oxygen atoms in total. The van der Waals surface area contributed by atoms with Crippen molar-refractivity contribution >= 4 is 29.3 Å². The van der Waals surface area contributed by atoms with Gasteiger partial charge >= 0.3 is 5.97 Å². The van der Waals surface area contributed by atoms with E-state index in [0.29, 0.717) is 28.1 Å². The molecule has 0 bridgehead atoms. The van der Waals surface area contributed by atoms with Gasteiger partial charge in [0.2, 0.25) is 11.8 Å². The Kier molecular flexibility index (Phi) is 5.73. The van der Waals surface area contributed by atoms with Gasteiger partial charge in [-0.05, 0) is 29.8 Å². The van der Waals surface area contributed by atoms with Crippen LogP contribution in [-0.4, -0.2) is 23.3 Å². The zero-order chi connectivity index (χ0) is 17.6. The van der Waals surface area contributed by atoms with Crippen LogP contribution in [0.15, 0.2) is 52.9 Å². The first-order valence-electron chi connectivity index (χ1n) is 7.49. The number of hydrogen-bond donors (Lipinski definition) is 0. The molecule has 7 heteroatoms. The van der Waals surface area contributed by atoms with E-state index in [9.17, 15) is 4.79 Å². The summed E-state index contributed by atoms with van der Waals surface area (Å²) in [5, 5.41) is 8.68. The number of thioether (sulfide) groups is 1. The van der Waals surface area contributed by atoms with Crippen molar-refractivity contribution in [2.45, 2.75) is 11.5 Å². The van der Waals surface area contributed by atoms with Crippen LogP contribution in [0.4, 0.5) is 0 Å². The van der Waals surface area contributed by atoms with E-state index in [2.05, 4.69) is 14.9 Å². The van der Waals surface area contributed by atoms with E-state index in [0.717, 1.165) is 16.9 Å². The summed E-state index contributed by atoms with van der Waals surface area (Å²) in [6.45, 7) is 0. The third kappa shape index (κ3) is 4.41. The summed E-state index contributed by atoms with van der Waals surface area (Å²) in [4.78, 5) is 11.4. The third-order valence-electron chi connectivity index (χ3n) is 3.44. The third-order valence-corrected chi connectivity index (χ3v) is 4.76. The summed E-state index contributed by atoms with van der Waals surface area (Å²) in [6.07, 6.45) is 0. The van der Waals surface area contributed by atoms with Crippen molar-refractivity contribution in [3.8, 4) is 11.5 Å². The minimum Gasteiger partial charge on any atom is -0.465 e. The van der Waals surface area contributed by atoms with Crippen molar-refractivity contribution in [1.29, 1.82) is 0 Å². The average Bonchev–Trinajstić information content (AvgIpc) is 3.10. The fourth-order valence-electron chi connectivity index (χ4n) is 2.17. The van der Waals surface area contributed by atoms with Crippen LogP contribution in [-0.2, 0) is 16.2 Å². The van der Waals surface area contributed by atoms with E-state index < -0.39 is 0 Å². The van der Waals surface area contributed by atoms with Gasteiger partial charge in [-0.25, -0.2) is 4.79 Å². The lowest BCUT2D eigenvalue weighted by molar-refractivity contribution is 0.0600. The van der Waals surface area contributed by atoms with Gasteiger partial charge in [-0.3, -0.25) is 0 Å². The molecule has 128 valence electrons. The summed E-state index contributed by atoms with van der Waals surface area (Å²) in [6, 6.07) is 14.7. The van der Waals surface area contributed by atoms with Crippen molar-refractivity contribution in [2.75, 3.05) is 7.11 Å². The molecule has 1 aromatic heterocycles. The fourth-order valence-corrected chi connectivity index (χ4v) is 3.20. The van der Waals surface area contributed by atoms with Crippen molar-refractivity contribution in [3.63, 3.8) is 0 Å². The highest BCUT2D eigenvalue weighted by atomic mass is 35.5. The minimum absolute atomic E-state index is 0.336. The van der Waals surface area contributed by atoms with Crippen LogP contribution >= 0.6 is 23.4 Å². The van der Waals surface area contributed by atoms with Gasteiger partial charge in [0, 0.05) is 5.75 Å². The number of methoxy groups -OCH3 is 1. The van der Waals surface area contributed by atoms with E-state index in [1.165, 1.54) is 7.11 Å². The summed E-state index contributed by atoms with van der Waals surface area (Å²) in [7, 11) is 1.37. The summed E-state index contributed by atoms with van der Waals surface area (Å²) in [5.74, 6) is 1.99. The highest BCUT2D eigenvalue weighted by Gasteiger charge is 2.11. The molecule has 0 aliphatic rings. The van der Waals surface area contributed by atoms with E-state index in [4.69, 9.17) is 16.0 Å². The zero-order valence-corrected chi connectivity index (χ0v) is 15.0. The summed E-state index contributed by atoms with van der Waals surface area (Å²) in [5.41, 5.74) is 2.37. The molecule has 0 aliphatic carbocycles. The van der Waals surface area contributed by atoms with Gasteiger partial charge < -0.3 is 9.15 Å². The Morgan fingerprint density at radius 3 is 2.60 bits per heavy atom. The number of aromatic nitrogens is 2. The largest absolute Gasteiger partial charge is 0.465 e. The van der Waals surface area contributed by atoms with E-state index in [-0.39, 0.29) is 5.97 Å². The molecule has 3 aromatic rings. The minimum atomic E-state index is -0.336. The molecule has 1 heterocycles. The second kappa shape index (κ2) is 8.18. The number of carbonyl (C=O) groups is 1. The Morgan fingerprint density at radius 1 is 1.12 bits per heavy atom. The summed E-state index contributed by atoms with van der Waals surface area (Å²) >= 11 is 7.78. The van der Waals surface area contributed by atoms with Gasteiger partial charge in [0.1, 0.15) is 0 Å². The first-order valence-corrected chi connectivity index (χ1v) is 9.03. The Bertz CT molecular complexity index is 865. The quantitative estimate of drug-likeness (QED) is 0.587. The molecular formula is C18H15ClN2O3S. The molecule has 0 aliphatic heterocycles. The van der Waals surface area contributed by atoms with Gasteiger partial charge in [-0.15, -0.1) is 22.0 Å². The number of rotatable bonds is 6. The lowest BCUT2D eigenvalue weighted by atomic mass is 10.1. The maximum Gasteiger partial charge on any atom is 0.337 e. The highest BCUT2D eigenvalue weighted by Crippen LogP contribution is 2.27. The van der Waals surface area contributed by atoms with Gasteiger partial charge in [0.05, 0.1) is 29.0 Å². The van der Waals surface area contributed by atoms with E-state index in [1.54, 1.807) is 30.0 Å². The molecule has 0 radical (unpaired) electrons. The van der Waals surface area contributed by atoms with E-state index >= 15 is 0 Å². The molecule has 0 fully saturated rings. The van der Waals surface area contributed by atoms with Crippen LogP contribution in [0.5, 0.6) is 0 Å². The monoisotopic (exact) mass is 374 g/mol. The summed E-state index contributed by atoms with van der Waals surface area (Å²) < 4.78 is 10.3. The second-order valence-corrected chi connectivity index (χ2v) is 6.55. The Hall–Kier alpha value is -2.31. The van der Waals surface area contributed by atoms with Crippen LogP contribution < -0.4 is 0 Å². The van der Waals surface area contributed by atoms with Gasteiger partial charge in [-0.1, -0.05) is 35.9 Å². The van der Waals surface area contributed by atoms with Crippen molar-refractivity contribution < 1.29 is 13.9 Å². The average molecular weight is 375 g/mol. The topological polar surface area (TPSA) is 65.2 Å². The van der Waals surface area contributed by atoms with Gasteiger partial charge in [0.25, 0.3) is 0 Å². The van der Waals surface area contributed by atoms with Crippen LogP contribution in [0.2, 0.25) is 5.02 Å². The standard InChI is InChI=1S/C18H15ClN2O3S/c1-23-18(22)13-8-6-12(7-9-13)10-25-11-16-20-21-17(24-16)14-4-2-3-5-15(14)19/h2-9H,10-11H2,1H3. The molecule has 0 saturated carbocycles. The zero-order valence-electron chi connectivity index (χ0n) is 13.4. The number of esters is 1. The van der Waals surface area contributed by atoms with Crippen molar-refractivity contribution in [1.82, 2.24) is 10.2 Å². The molecule has 0 amide bonds. The maximum atomic E-state index is 11.4. The SMILES string of the molecule is COC(=O)c1ccc(CSCc2nnc(-c3ccccc3Cl)o2)cc1. The number of carbonyl (C=O) groups excluding carboxylic acids is 1. The molecule has 3 rings (SSSR count). The predicted molar refractivity (Wildman–Crippen MR) is 97.5 cm³/mol. The molecule has 25 heavy (non-hydrogen) atoms. The van der Waals surface area contributed by atoms with Gasteiger partial charge in [-0.2, -0.15) is 0 Å². The van der Waals surface area contributed by atoms with Crippen LogP contribution in [0.1, 0.15) is 21.8 Å². The molecule has 0 N–H and O–H groups in total. The normalized spacial score (nSPS) is 10.6. The number of nitrogens with zero attached hydrogens (tertiary/aromatic N) is 2. The predicted octanol–water partition coefficient (Wildman–Crippen LogP) is 4.61. The first kappa shape index (κ1) is 17.5. The van der Waals surface area contributed by atoms with Crippen LogP contribution in [0, 0.1) is 0 Å². The molecular weight excluding hydrogens is 360 g/mol. The Balaban J connectivity index is 1.56. The lowest BCUT2D eigenvalue weighted by Gasteiger charge is -2.02. The number of benzene rings is 2. The van der Waals surface area contributed by atoms with Crippen molar-refractivity contribution in [2.24, 2.45) is 0 Å². The highest BCUT2D eigenvalue weighted by molar-refractivity contribution is 7.97. The molecule has 0 unspecified atom stereocenters. The van der Waals surface area contributed by atoms with Gasteiger partial charge in [0.15, 0.2) is 0 Å². The smallest absolute Gasteiger partial charge is 0.337 e. The molecule has 0 saturated heterocycles. The van der Waals surface area contributed by atoms with Crippen LogP contribution in [0.3, 0.4) is 0 Å². The molecule has 2 aromatic carbocycles.